The van der Waals surface area contributed by atoms with Gasteiger partial charge in [-0.25, -0.2) is 4.79 Å². The van der Waals surface area contributed by atoms with Gasteiger partial charge in [0.05, 0.1) is 9.95 Å². The van der Waals surface area contributed by atoms with Crippen LogP contribution in [0.1, 0.15) is 0 Å². The van der Waals surface area contributed by atoms with Crippen molar-refractivity contribution in [2.75, 3.05) is 0 Å². The number of alkyl halides is 2. The van der Waals surface area contributed by atoms with Gasteiger partial charge in [-0.15, -0.1) is 0 Å². The molecule has 0 saturated carbocycles. The van der Waals surface area contributed by atoms with Crippen LogP contribution in [-0.4, -0.2) is 22.1 Å². The molecule has 0 aliphatic rings. The maximum absolute atomic E-state index is 12.7. The van der Waals surface area contributed by atoms with E-state index in [-0.39, 0.29) is 0 Å². The normalized spacial score (nSPS) is 11.0. The van der Waals surface area contributed by atoms with Crippen LogP contribution in [0, 0.1) is 10.1 Å². The molecule has 1 aromatic rings. The van der Waals surface area contributed by atoms with Crippen LogP contribution in [0.5, 0.6) is 5.75 Å². The Kier molecular flexibility index (Phi) is 3.47. The Labute approximate surface area is 97.5 Å². The first-order valence-corrected chi connectivity index (χ1v) is 4.36. The zero-order valence-corrected chi connectivity index (χ0v) is 8.65. The molecule has 0 heterocycles. The Morgan fingerprint density at radius 2 is 2.12 bits per heavy atom. The molecule has 92 valence electrons. The van der Waals surface area contributed by atoms with Crippen LogP contribution in [0.4, 0.5) is 14.5 Å². The molecule has 0 spiro atoms. The number of carboxylic acid groups (broad SMARTS) is 1. The van der Waals surface area contributed by atoms with Gasteiger partial charge >= 0.3 is 12.1 Å². The minimum absolute atomic E-state index is 0.430. The Hall–Kier alpha value is -1.96. The first-order chi connectivity index (χ1) is 7.74. The molecule has 17 heavy (non-hydrogen) atoms. The minimum atomic E-state index is -4.46. The van der Waals surface area contributed by atoms with Crippen LogP contribution in [0.15, 0.2) is 18.2 Å². The summed E-state index contributed by atoms with van der Waals surface area (Å²) in [5, 5.41) is 17.9. The SMILES string of the molecule is O=C(O)C(F)(F)Oc1ccc([N+](=O)[O-])cc1Cl. The Bertz CT molecular complexity index is 479. The number of non-ortho nitro benzene ring substituents is 1. The molecule has 1 N–H and O–H groups in total. The van der Waals surface area contributed by atoms with E-state index in [1.54, 1.807) is 0 Å². The van der Waals surface area contributed by atoms with Crippen molar-refractivity contribution in [3.05, 3.63) is 33.3 Å². The number of nitro groups is 1. The molecule has 0 aliphatic heterocycles. The topological polar surface area (TPSA) is 89.7 Å². The molecule has 0 aromatic heterocycles. The van der Waals surface area contributed by atoms with Crippen molar-refractivity contribution in [1.82, 2.24) is 0 Å². The summed E-state index contributed by atoms with van der Waals surface area (Å²) in [7, 11) is 0. The fraction of sp³-hybridized carbons (Fsp3) is 0.125. The molecule has 0 atom stereocenters. The smallest absolute Gasteiger partial charge is 0.474 e. The Balaban J connectivity index is 3.02. The van der Waals surface area contributed by atoms with E-state index in [4.69, 9.17) is 16.7 Å². The molecule has 9 heteroatoms. The van der Waals surface area contributed by atoms with Gasteiger partial charge in [0, 0.05) is 12.1 Å². The number of benzene rings is 1. The van der Waals surface area contributed by atoms with Gasteiger partial charge in [-0.3, -0.25) is 10.1 Å². The van der Waals surface area contributed by atoms with Crippen LogP contribution >= 0.6 is 11.6 Å². The van der Waals surface area contributed by atoms with Gasteiger partial charge in [-0.2, -0.15) is 8.78 Å². The summed E-state index contributed by atoms with van der Waals surface area (Å²) in [6.07, 6.45) is -4.46. The van der Waals surface area contributed by atoms with Gasteiger partial charge in [0.25, 0.3) is 5.69 Å². The quantitative estimate of drug-likeness (QED) is 0.668. The van der Waals surface area contributed by atoms with E-state index in [0.29, 0.717) is 0 Å². The summed E-state index contributed by atoms with van der Waals surface area (Å²) in [5.74, 6) is -3.16. The van der Waals surface area contributed by atoms with E-state index in [2.05, 4.69) is 4.74 Å². The number of aliphatic carboxylic acids is 1. The lowest BCUT2D eigenvalue weighted by molar-refractivity contribution is -0.384. The number of halogens is 3. The van der Waals surface area contributed by atoms with Gasteiger partial charge in [0.1, 0.15) is 5.75 Å². The highest BCUT2D eigenvalue weighted by molar-refractivity contribution is 6.32. The maximum Gasteiger partial charge on any atom is 0.501 e. The Morgan fingerprint density at radius 3 is 2.53 bits per heavy atom. The monoisotopic (exact) mass is 267 g/mol. The highest BCUT2D eigenvalue weighted by Crippen LogP contribution is 2.32. The molecule has 1 aromatic carbocycles. The largest absolute Gasteiger partial charge is 0.501 e. The lowest BCUT2D eigenvalue weighted by atomic mass is 10.3. The molecule has 0 bridgehead atoms. The van der Waals surface area contributed by atoms with Crippen molar-refractivity contribution in [2.45, 2.75) is 6.11 Å². The van der Waals surface area contributed by atoms with Gasteiger partial charge in [0.2, 0.25) is 0 Å². The summed E-state index contributed by atoms with van der Waals surface area (Å²) < 4.78 is 29.2. The van der Waals surface area contributed by atoms with Crippen LogP contribution in [0.3, 0.4) is 0 Å². The zero-order chi connectivity index (χ0) is 13.2. The fourth-order valence-electron chi connectivity index (χ4n) is 0.868. The predicted octanol–water partition coefficient (Wildman–Crippen LogP) is 2.30. The first-order valence-electron chi connectivity index (χ1n) is 3.98. The number of rotatable bonds is 4. The minimum Gasteiger partial charge on any atom is -0.474 e. The average molecular weight is 268 g/mol. The van der Waals surface area contributed by atoms with E-state index < -0.39 is 33.5 Å². The van der Waals surface area contributed by atoms with E-state index >= 15 is 0 Å². The molecule has 0 fully saturated rings. The molecular weight excluding hydrogens is 264 g/mol. The number of nitro benzene ring substituents is 1. The summed E-state index contributed by atoms with van der Waals surface area (Å²) in [6, 6.07) is 2.42. The van der Waals surface area contributed by atoms with Gasteiger partial charge < -0.3 is 9.84 Å². The third-order valence-electron chi connectivity index (χ3n) is 1.61. The molecule has 0 radical (unpaired) electrons. The van der Waals surface area contributed by atoms with E-state index in [9.17, 15) is 23.7 Å². The Morgan fingerprint density at radius 1 is 1.53 bits per heavy atom. The van der Waals surface area contributed by atoms with Gasteiger partial charge in [-0.05, 0) is 6.07 Å². The summed E-state index contributed by atoms with van der Waals surface area (Å²) in [6.45, 7) is 0. The van der Waals surface area contributed by atoms with Crippen molar-refractivity contribution in [2.24, 2.45) is 0 Å². The highest BCUT2D eigenvalue weighted by atomic mass is 35.5. The van der Waals surface area contributed by atoms with Crippen molar-refractivity contribution < 1.29 is 28.3 Å². The summed E-state index contributed by atoms with van der Waals surface area (Å²) in [4.78, 5) is 19.6. The van der Waals surface area contributed by atoms with Crippen molar-refractivity contribution in [3.63, 3.8) is 0 Å². The average Bonchev–Trinajstić information content (AvgIpc) is 2.20. The summed E-state index contributed by atoms with van der Waals surface area (Å²) >= 11 is 5.43. The van der Waals surface area contributed by atoms with E-state index in [1.807, 2.05) is 0 Å². The van der Waals surface area contributed by atoms with Crippen LogP contribution in [-0.2, 0) is 4.79 Å². The number of hydrogen-bond acceptors (Lipinski definition) is 4. The highest BCUT2D eigenvalue weighted by Gasteiger charge is 2.43. The summed E-state index contributed by atoms with van der Waals surface area (Å²) in [5.41, 5.74) is -0.430. The van der Waals surface area contributed by atoms with Crippen molar-refractivity contribution >= 4 is 23.3 Å². The maximum atomic E-state index is 12.7. The van der Waals surface area contributed by atoms with Crippen LogP contribution in [0.2, 0.25) is 5.02 Å². The molecular formula is C8H4ClF2NO5. The number of carboxylic acids is 1. The second kappa shape index (κ2) is 4.50. The molecule has 0 aliphatic carbocycles. The number of ether oxygens (including phenoxy) is 1. The third-order valence-corrected chi connectivity index (χ3v) is 1.91. The number of nitrogens with zero attached hydrogens (tertiary/aromatic N) is 1. The standard InChI is InChI=1S/C8H4ClF2NO5/c9-5-3-4(12(15)16)1-2-6(5)17-8(10,11)7(13)14/h1-3H,(H,13,14). The number of carbonyl (C=O) groups is 1. The van der Waals surface area contributed by atoms with Crippen LogP contribution < -0.4 is 4.74 Å². The predicted molar refractivity (Wildman–Crippen MR) is 51.3 cm³/mol. The zero-order valence-electron chi connectivity index (χ0n) is 7.89. The second-order valence-corrected chi connectivity index (χ2v) is 3.20. The van der Waals surface area contributed by atoms with Gasteiger partial charge in [0.15, 0.2) is 0 Å². The second-order valence-electron chi connectivity index (χ2n) is 2.80. The number of hydrogen-bond donors (Lipinski definition) is 1. The van der Waals surface area contributed by atoms with Crippen LogP contribution in [0.25, 0.3) is 0 Å². The molecule has 0 saturated heterocycles. The van der Waals surface area contributed by atoms with E-state index in [1.165, 1.54) is 0 Å². The van der Waals surface area contributed by atoms with Gasteiger partial charge in [-0.1, -0.05) is 11.6 Å². The lowest BCUT2D eigenvalue weighted by Gasteiger charge is -2.13. The van der Waals surface area contributed by atoms with E-state index in [0.717, 1.165) is 18.2 Å². The fourth-order valence-corrected chi connectivity index (χ4v) is 1.08. The molecule has 6 nitrogen and oxygen atoms in total. The van der Waals surface area contributed by atoms with Crippen molar-refractivity contribution in [3.8, 4) is 5.75 Å². The molecule has 0 unspecified atom stereocenters. The first kappa shape index (κ1) is 13.1. The third kappa shape index (κ3) is 3.00. The molecule has 0 amide bonds. The molecule has 1 rings (SSSR count). The van der Waals surface area contributed by atoms with Crippen molar-refractivity contribution in [1.29, 1.82) is 0 Å². The lowest BCUT2D eigenvalue weighted by Crippen LogP contribution is -2.34.